The number of benzene rings is 1. The quantitative estimate of drug-likeness (QED) is 0.821. The largest absolute Gasteiger partial charge is 0.357 e. The van der Waals surface area contributed by atoms with Crippen LogP contribution in [-0.4, -0.2) is 49.1 Å². The van der Waals surface area contributed by atoms with E-state index >= 15 is 0 Å². The van der Waals surface area contributed by atoms with Crippen molar-refractivity contribution in [2.24, 2.45) is 0 Å². The van der Waals surface area contributed by atoms with Crippen LogP contribution in [0.15, 0.2) is 31.0 Å². The number of fused-ring (bicyclic) bond motifs is 1. The number of nitrogens with zero attached hydrogens (tertiary/aromatic N) is 4. The van der Waals surface area contributed by atoms with Gasteiger partial charge in [-0.15, -0.1) is 0 Å². The van der Waals surface area contributed by atoms with Crippen molar-refractivity contribution < 1.29 is 0 Å². The maximum Gasteiger partial charge on any atom is 0.147 e. The summed E-state index contributed by atoms with van der Waals surface area (Å²) >= 11 is 0. The first-order chi connectivity index (χ1) is 9.10. The van der Waals surface area contributed by atoms with E-state index in [0.717, 1.165) is 35.5 Å². The van der Waals surface area contributed by atoms with E-state index in [-0.39, 0.29) is 0 Å². The molecule has 0 atom stereocenters. The van der Waals surface area contributed by atoms with Crippen LogP contribution in [-0.2, 0) is 0 Å². The number of hydrogen-bond donors (Lipinski definition) is 0. The predicted octanol–water partition coefficient (Wildman–Crippen LogP) is 2.27. The van der Waals surface area contributed by atoms with E-state index in [4.69, 9.17) is 0 Å². The van der Waals surface area contributed by atoms with Crippen LogP contribution in [0.3, 0.4) is 0 Å². The molecule has 2 aromatic rings. The summed E-state index contributed by atoms with van der Waals surface area (Å²) in [6, 6.07) is 5.99. The van der Waals surface area contributed by atoms with Gasteiger partial charge in [-0.1, -0.05) is 18.7 Å². The predicted molar refractivity (Wildman–Crippen MR) is 81.5 cm³/mol. The van der Waals surface area contributed by atoms with Crippen molar-refractivity contribution >= 4 is 22.9 Å². The molecule has 0 saturated heterocycles. The van der Waals surface area contributed by atoms with Crippen LogP contribution < -0.4 is 4.90 Å². The van der Waals surface area contributed by atoms with Crippen LogP contribution >= 0.6 is 0 Å². The van der Waals surface area contributed by atoms with Crippen molar-refractivity contribution in [1.82, 2.24) is 14.9 Å². The fraction of sp³-hybridized carbons (Fsp3) is 0.333. The second kappa shape index (κ2) is 5.80. The highest BCUT2D eigenvalue weighted by atomic mass is 15.2. The molecular weight excluding hydrogens is 236 g/mol. The third-order valence-electron chi connectivity index (χ3n) is 3.06. The first kappa shape index (κ1) is 13.5. The van der Waals surface area contributed by atoms with Gasteiger partial charge in [0.15, 0.2) is 0 Å². The molecule has 0 unspecified atom stereocenters. The van der Waals surface area contributed by atoms with Crippen LogP contribution in [0.2, 0.25) is 0 Å². The molecule has 4 nitrogen and oxygen atoms in total. The molecule has 0 N–H and O–H groups in total. The Morgan fingerprint density at radius 3 is 2.63 bits per heavy atom. The molecule has 0 spiro atoms. The topological polar surface area (TPSA) is 32.3 Å². The van der Waals surface area contributed by atoms with Gasteiger partial charge in [0, 0.05) is 20.1 Å². The SMILES string of the molecule is C=Cc1ccc2ncc(N(C)CCN(C)C)nc2c1. The molecule has 0 aliphatic carbocycles. The zero-order valence-corrected chi connectivity index (χ0v) is 11.8. The molecule has 0 radical (unpaired) electrons. The molecular formula is C15H20N4. The Morgan fingerprint density at radius 2 is 1.95 bits per heavy atom. The van der Waals surface area contributed by atoms with E-state index in [0.29, 0.717) is 0 Å². The summed E-state index contributed by atoms with van der Waals surface area (Å²) in [6.07, 6.45) is 3.65. The summed E-state index contributed by atoms with van der Waals surface area (Å²) < 4.78 is 0. The lowest BCUT2D eigenvalue weighted by Gasteiger charge is -2.20. The van der Waals surface area contributed by atoms with E-state index in [1.807, 2.05) is 37.5 Å². The first-order valence-electron chi connectivity index (χ1n) is 6.35. The molecule has 0 amide bonds. The lowest BCUT2D eigenvalue weighted by molar-refractivity contribution is 0.416. The van der Waals surface area contributed by atoms with Crippen LogP contribution in [0.25, 0.3) is 17.1 Å². The van der Waals surface area contributed by atoms with Crippen LogP contribution in [0, 0.1) is 0 Å². The highest BCUT2D eigenvalue weighted by molar-refractivity contribution is 5.78. The summed E-state index contributed by atoms with van der Waals surface area (Å²) in [4.78, 5) is 13.4. The molecule has 1 heterocycles. The third kappa shape index (κ3) is 3.29. The number of hydrogen-bond acceptors (Lipinski definition) is 4. The lowest BCUT2D eigenvalue weighted by atomic mass is 10.2. The number of anilines is 1. The van der Waals surface area contributed by atoms with Crippen molar-refractivity contribution in [1.29, 1.82) is 0 Å². The normalized spacial score (nSPS) is 10.9. The van der Waals surface area contributed by atoms with Crippen molar-refractivity contribution in [3.63, 3.8) is 0 Å². The molecule has 2 rings (SSSR count). The highest BCUT2D eigenvalue weighted by Crippen LogP contribution is 2.16. The maximum atomic E-state index is 4.66. The molecule has 0 bridgehead atoms. The van der Waals surface area contributed by atoms with Crippen LogP contribution in [0.4, 0.5) is 5.82 Å². The Balaban J connectivity index is 2.26. The maximum absolute atomic E-state index is 4.66. The minimum atomic E-state index is 0.899. The molecule has 1 aromatic carbocycles. The second-order valence-electron chi connectivity index (χ2n) is 4.91. The molecule has 4 heteroatoms. The molecule has 100 valence electrons. The van der Waals surface area contributed by atoms with Crippen molar-refractivity contribution in [3.05, 3.63) is 36.5 Å². The first-order valence-corrected chi connectivity index (χ1v) is 6.35. The van der Waals surface area contributed by atoms with Crippen molar-refractivity contribution in [2.75, 3.05) is 39.1 Å². The zero-order valence-electron chi connectivity index (χ0n) is 11.8. The second-order valence-corrected chi connectivity index (χ2v) is 4.91. The van der Waals surface area contributed by atoms with E-state index in [1.165, 1.54) is 0 Å². The fourth-order valence-corrected chi connectivity index (χ4v) is 1.79. The fourth-order valence-electron chi connectivity index (χ4n) is 1.79. The van der Waals surface area contributed by atoms with Gasteiger partial charge in [-0.2, -0.15) is 0 Å². The van der Waals surface area contributed by atoms with Gasteiger partial charge in [0.1, 0.15) is 5.82 Å². The summed E-state index contributed by atoms with van der Waals surface area (Å²) in [6.45, 7) is 5.69. The van der Waals surface area contributed by atoms with Gasteiger partial charge in [0.05, 0.1) is 17.2 Å². The Labute approximate surface area is 114 Å². The summed E-state index contributed by atoms with van der Waals surface area (Å²) in [5.41, 5.74) is 2.89. The Bertz CT molecular complexity index is 577. The zero-order chi connectivity index (χ0) is 13.8. The van der Waals surface area contributed by atoms with Gasteiger partial charge in [-0.25, -0.2) is 4.98 Å². The Hall–Kier alpha value is -1.94. The Morgan fingerprint density at radius 1 is 1.16 bits per heavy atom. The third-order valence-corrected chi connectivity index (χ3v) is 3.06. The molecule has 0 aliphatic rings. The van der Waals surface area contributed by atoms with E-state index in [9.17, 15) is 0 Å². The van der Waals surface area contributed by atoms with E-state index in [1.54, 1.807) is 0 Å². The summed E-state index contributed by atoms with van der Waals surface area (Å²) in [5, 5.41) is 0. The minimum absolute atomic E-state index is 0.899. The average Bonchev–Trinajstić information content (AvgIpc) is 2.43. The molecule has 19 heavy (non-hydrogen) atoms. The average molecular weight is 256 g/mol. The summed E-state index contributed by atoms with van der Waals surface area (Å²) in [7, 11) is 6.17. The van der Waals surface area contributed by atoms with Gasteiger partial charge in [0.2, 0.25) is 0 Å². The molecule has 0 saturated carbocycles. The van der Waals surface area contributed by atoms with Gasteiger partial charge >= 0.3 is 0 Å². The van der Waals surface area contributed by atoms with E-state index in [2.05, 4.69) is 40.4 Å². The highest BCUT2D eigenvalue weighted by Gasteiger charge is 2.05. The van der Waals surface area contributed by atoms with Crippen molar-refractivity contribution in [3.8, 4) is 0 Å². The van der Waals surface area contributed by atoms with Crippen LogP contribution in [0.5, 0.6) is 0 Å². The van der Waals surface area contributed by atoms with Gasteiger partial charge in [-0.3, -0.25) is 4.98 Å². The van der Waals surface area contributed by atoms with Gasteiger partial charge in [-0.05, 0) is 31.8 Å². The van der Waals surface area contributed by atoms with Crippen molar-refractivity contribution in [2.45, 2.75) is 0 Å². The molecule has 0 aliphatic heterocycles. The van der Waals surface area contributed by atoms with Crippen LogP contribution in [0.1, 0.15) is 5.56 Å². The molecule has 1 aromatic heterocycles. The number of likely N-dealkylation sites (N-methyl/N-ethyl adjacent to an activating group) is 2. The number of rotatable bonds is 5. The smallest absolute Gasteiger partial charge is 0.147 e. The Kier molecular flexibility index (Phi) is 4.12. The standard InChI is InChI=1S/C15H20N4/c1-5-12-6-7-13-14(10-12)17-15(11-16-13)19(4)9-8-18(2)3/h5-7,10-11H,1,8-9H2,2-4H3. The lowest BCUT2D eigenvalue weighted by Crippen LogP contribution is -2.29. The van der Waals surface area contributed by atoms with Gasteiger partial charge in [0.25, 0.3) is 0 Å². The van der Waals surface area contributed by atoms with E-state index < -0.39 is 0 Å². The van der Waals surface area contributed by atoms with Gasteiger partial charge < -0.3 is 9.80 Å². The number of aromatic nitrogens is 2. The molecule has 0 fully saturated rings. The minimum Gasteiger partial charge on any atom is -0.357 e. The summed E-state index contributed by atoms with van der Waals surface area (Å²) in [5.74, 6) is 0.899. The monoisotopic (exact) mass is 256 g/mol.